The van der Waals surface area contributed by atoms with Crippen molar-refractivity contribution in [2.24, 2.45) is 0 Å². The summed E-state index contributed by atoms with van der Waals surface area (Å²) >= 11 is 0. The van der Waals surface area contributed by atoms with Gasteiger partial charge in [0.1, 0.15) is 0 Å². The molecular formula is C13H11F3N2O. The monoisotopic (exact) mass is 268 g/mol. The van der Waals surface area contributed by atoms with Crippen LogP contribution in [0.3, 0.4) is 0 Å². The van der Waals surface area contributed by atoms with Gasteiger partial charge in [0.15, 0.2) is 0 Å². The quantitative estimate of drug-likeness (QED) is 0.925. The Morgan fingerprint density at radius 1 is 1.21 bits per heavy atom. The number of nitrogens with one attached hydrogen (secondary N) is 1. The first-order chi connectivity index (χ1) is 8.96. The maximum Gasteiger partial charge on any atom is 0.389 e. The number of amides is 1. The highest BCUT2D eigenvalue weighted by Gasteiger charge is 2.27. The molecule has 2 aromatic rings. The summed E-state index contributed by atoms with van der Waals surface area (Å²) in [5.41, 5.74) is 0.982. The van der Waals surface area contributed by atoms with Crippen LogP contribution in [0, 0.1) is 0 Å². The van der Waals surface area contributed by atoms with E-state index in [2.05, 4.69) is 10.3 Å². The fourth-order valence-electron chi connectivity index (χ4n) is 1.67. The van der Waals surface area contributed by atoms with Crippen LogP contribution in [-0.2, 0) is 4.79 Å². The number of carbonyl (C=O) groups excluding carboxylic acids is 1. The van der Waals surface area contributed by atoms with Gasteiger partial charge in [-0.05, 0) is 12.1 Å². The van der Waals surface area contributed by atoms with Gasteiger partial charge in [0.2, 0.25) is 5.91 Å². The second-order valence-electron chi connectivity index (χ2n) is 4.04. The normalized spacial score (nSPS) is 11.5. The Hall–Kier alpha value is -2.11. The molecule has 0 saturated carbocycles. The van der Waals surface area contributed by atoms with Crippen molar-refractivity contribution < 1.29 is 18.0 Å². The summed E-state index contributed by atoms with van der Waals surface area (Å²) in [6.45, 7) is 0. The molecule has 1 heterocycles. The number of alkyl halides is 3. The fraction of sp³-hybridized carbons (Fsp3) is 0.231. The van der Waals surface area contributed by atoms with Gasteiger partial charge in [-0.3, -0.25) is 9.78 Å². The Morgan fingerprint density at radius 3 is 2.68 bits per heavy atom. The summed E-state index contributed by atoms with van der Waals surface area (Å²) < 4.78 is 36.0. The van der Waals surface area contributed by atoms with E-state index < -0.39 is 24.9 Å². The van der Waals surface area contributed by atoms with E-state index in [0.29, 0.717) is 11.2 Å². The van der Waals surface area contributed by atoms with Crippen LogP contribution < -0.4 is 5.32 Å². The molecule has 1 N–H and O–H groups in total. The topological polar surface area (TPSA) is 42.0 Å². The van der Waals surface area contributed by atoms with E-state index in [4.69, 9.17) is 0 Å². The number of pyridine rings is 1. The van der Waals surface area contributed by atoms with Crippen LogP contribution in [0.4, 0.5) is 18.9 Å². The van der Waals surface area contributed by atoms with Crippen molar-refractivity contribution in [3.05, 3.63) is 36.5 Å². The first kappa shape index (κ1) is 13.3. The van der Waals surface area contributed by atoms with Crippen molar-refractivity contribution in [2.45, 2.75) is 19.0 Å². The van der Waals surface area contributed by atoms with E-state index in [9.17, 15) is 18.0 Å². The molecule has 6 heteroatoms. The number of carbonyl (C=O) groups is 1. The van der Waals surface area contributed by atoms with Crippen molar-refractivity contribution in [1.29, 1.82) is 0 Å². The van der Waals surface area contributed by atoms with Gasteiger partial charge in [0.25, 0.3) is 0 Å². The zero-order chi connectivity index (χ0) is 13.9. The molecule has 2 rings (SSSR count). The van der Waals surface area contributed by atoms with Crippen LogP contribution in [0.2, 0.25) is 0 Å². The lowest BCUT2D eigenvalue weighted by Crippen LogP contribution is -2.16. The fourth-order valence-corrected chi connectivity index (χ4v) is 1.67. The van der Waals surface area contributed by atoms with Crippen LogP contribution in [0.1, 0.15) is 12.8 Å². The van der Waals surface area contributed by atoms with Crippen molar-refractivity contribution in [3.8, 4) is 0 Å². The summed E-state index contributed by atoms with van der Waals surface area (Å²) in [6.07, 6.45) is -4.48. The van der Waals surface area contributed by atoms with Crippen LogP contribution in [0.5, 0.6) is 0 Å². The molecule has 0 spiro atoms. The molecule has 1 amide bonds. The third-order valence-electron chi connectivity index (χ3n) is 2.54. The number of hydrogen-bond acceptors (Lipinski definition) is 2. The minimum atomic E-state index is -4.33. The molecule has 3 nitrogen and oxygen atoms in total. The SMILES string of the molecule is O=C(CCC(F)(F)F)Nc1cccc2cccnc12. The summed E-state index contributed by atoms with van der Waals surface area (Å²) in [5, 5.41) is 3.27. The van der Waals surface area contributed by atoms with Crippen molar-refractivity contribution in [3.63, 3.8) is 0 Å². The van der Waals surface area contributed by atoms with Gasteiger partial charge in [-0.25, -0.2) is 0 Å². The molecule has 1 aromatic heterocycles. The number of aromatic nitrogens is 1. The van der Waals surface area contributed by atoms with Gasteiger partial charge in [-0.1, -0.05) is 18.2 Å². The molecule has 19 heavy (non-hydrogen) atoms. The Balaban J connectivity index is 2.11. The number of halogens is 3. The van der Waals surface area contributed by atoms with Gasteiger partial charge in [0.05, 0.1) is 17.6 Å². The third-order valence-corrected chi connectivity index (χ3v) is 2.54. The zero-order valence-corrected chi connectivity index (χ0v) is 9.87. The average Bonchev–Trinajstić information content (AvgIpc) is 2.36. The molecule has 0 aliphatic carbocycles. The molecule has 0 atom stereocenters. The van der Waals surface area contributed by atoms with Crippen molar-refractivity contribution in [2.75, 3.05) is 5.32 Å². The van der Waals surface area contributed by atoms with E-state index in [1.165, 1.54) is 0 Å². The lowest BCUT2D eigenvalue weighted by atomic mass is 10.2. The highest BCUT2D eigenvalue weighted by Crippen LogP contribution is 2.23. The number of benzene rings is 1. The van der Waals surface area contributed by atoms with Crippen LogP contribution in [-0.4, -0.2) is 17.1 Å². The molecule has 0 radical (unpaired) electrons. The van der Waals surface area contributed by atoms with E-state index in [1.807, 2.05) is 12.1 Å². The first-order valence-electron chi connectivity index (χ1n) is 5.66. The second-order valence-corrected chi connectivity index (χ2v) is 4.04. The van der Waals surface area contributed by atoms with Crippen LogP contribution in [0.15, 0.2) is 36.5 Å². The van der Waals surface area contributed by atoms with E-state index in [1.54, 1.807) is 24.4 Å². The van der Waals surface area contributed by atoms with Gasteiger partial charge in [0, 0.05) is 18.0 Å². The van der Waals surface area contributed by atoms with E-state index in [-0.39, 0.29) is 0 Å². The minimum Gasteiger partial charge on any atom is -0.324 e. The Labute approximate surface area is 107 Å². The number of anilines is 1. The van der Waals surface area contributed by atoms with Gasteiger partial charge >= 0.3 is 6.18 Å². The smallest absolute Gasteiger partial charge is 0.324 e. The predicted octanol–water partition coefficient (Wildman–Crippen LogP) is 3.52. The van der Waals surface area contributed by atoms with E-state index in [0.717, 1.165) is 5.39 Å². The average molecular weight is 268 g/mol. The molecule has 0 unspecified atom stereocenters. The molecule has 0 fully saturated rings. The number of nitrogens with zero attached hydrogens (tertiary/aromatic N) is 1. The second kappa shape index (κ2) is 5.26. The van der Waals surface area contributed by atoms with Gasteiger partial charge in [-0.15, -0.1) is 0 Å². The van der Waals surface area contributed by atoms with Gasteiger partial charge in [-0.2, -0.15) is 13.2 Å². The first-order valence-corrected chi connectivity index (χ1v) is 5.66. The Kier molecular flexibility index (Phi) is 3.69. The molecular weight excluding hydrogens is 257 g/mol. The highest BCUT2D eigenvalue weighted by atomic mass is 19.4. The molecule has 100 valence electrons. The summed E-state index contributed by atoms with van der Waals surface area (Å²) in [7, 11) is 0. The summed E-state index contributed by atoms with van der Waals surface area (Å²) in [6, 6.07) is 8.70. The number of hydrogen-bond donors (Lipinski definition) is 1. The number of rotatable bonds is 3. The lowest BCUT2D eigenvalue weighted by molar-refractivity contribution is -0.142. The standard InChI is InChI=1S/C13H11F3N2O/c14-13(15,16)7-6-11(19)18-10-5-1-3-9-4-2-8-17-12(9)10/h1-5,8H,6-7H2,(H,18,19). The molecule has 1 aromatic carbocycles. The maximum atomic E-state index is 12.0. The number of fused-ring (bicyclic) bond motifs is 1. The number of para-hydroxylation sites is 1. The molecule has 0 aliphatic rings. The minimum absolute atomic E-state index is 0.422. The van der Waals surface area contributed by atoms with Crippen LogP contribution in [0.25, 0.3) is 10.9 Å². The van der Waals surface area contributed by atoms with Crippen LogP contribution >= 0.6 is 0 Å². The van der Waals surface area contributed by atoms with Crippen molar-refractivity contribution in [1.82, 2.24) is 4.98 Å². The van der Waals surface area contributed by atoms with E-state index >= 15 is 0 Å². The molecule has 0 saturated heterocycles. The third kappa shape index (κ3) is 3.67. The molecule has 0 bridgehead atoms. The summed E-state index contributed by atoms with van der Waals surface area (Å²) in [4.78, 5) is 15.6. The molecule has 0 aliphatic heterocycles. The van der Waals surface area contributed by atoms with Gasteiger partial charge < -0.3 is 5.32 Å². The Morgan fingerprint density at radius 2 is 1.95 bits per heavy atom. The lowest BCUT2D eigenvalue weighted by Gasteiger charge is -2.09. The largest absolute Gasteiger partial charge is 0.389 e. The predicted molar refractivity (Wildman–Crippen MR) is 65.7 cm³/mol. The maximum absolute atomic E-state index is 12.0. The highest BCUT2D eigenvalue weighted by molar-refractivity contribution is 6.00. The summed E-state index contributed by atoms with van der Waals surface area (Å²) in [5.74, 6) is -0.671. The Bertz CT molecular complexity index is 590. The van der Waals surface area contributed by atoms with Crippen molar-refractivity contribution >= 4 is 22.5 Å². The zero-order valence-electron chi connectivity index (χ0n) is 9.87.